The third-order valence-electron chi connectivity index (χ3n) is 1.85. The van der Waals surface area contributed by atoms with Crippen LogP contribution < -0.4 is 0 Å². The zero-order valence-corrected chi connectivity index (χ0v) is 7.42. The fraction of sp³-hybridized carbons (Fsp3) is 0.417. The van der Waals surface area contributed by atoms with Gasteiger partial charge in [-0.05, 0) is 6.42 Å². The van der Waals surface area contributed by atoms with E-state index in [2.05, 4.69) is 6.92 Å². The van der Waals surface area contributed by atoms with Gasteiger partial charge in [0.2, 0.25) is 0 Å². The number of Topliss-reactive ketones (excluding diaryl/α,β-unsaturated/α-hetero) is 1. The maximum atomic E-state index is 11.4. The maximum Gasteiger partial charge on any atom is 0.162 e. The Kier molecular flexibility index (Phi) is 5.86. The molecule has 0 atom stereocenters. The Balaban J connectivity index is 0.00000144. The molecule has 1 nitrogen and oxygen atoms in total. The topological polar surface area (TPSA) is 17.1 Å². The van der Waals surface area contributed by atoms with Gasteiger partial charge in [0.05, 0.1) is 0 Å². The van der Waals surface area contributed by atoms with E-state index >= 15 is 0 Å². The van der Waals surface area contributed by atoms with Crippen LogP contribution in [0.2, 0.25) is 0 Å². The quantitative estimate of drug-likeness (QED) is 0.642. The Labute approximate surface area is 80.8 Å². The fourth-order valence-electron chi connectivity index (χ4n) is 1.11. The van der Waals surface area contributed by atoms with Crippen molar-refractivity contribution in [3.05, 3.63) is 35.9 Å². The van der Waals surface area contributed by atoms with Crippen molar-refractivity contribution in [3.8, 4) is 0 Å². The normalized spacial score (nSPS) is 9.00. The molecule has 0 aliphatic heterocycles. The van der Waals surface area contributed by atoms with E-state index in [9.17, 15) is 4.79 Å². The zero-order valence-electron chi connectivity index (χ0n) is 7.42. The molecule has 0 aromatic heterocycles. The molecule has 1 heteroatoms. The van der Waals surface area contributed by atoms with Gasteiger partial charge in [0, 0.05) is 12.0 Å². The van der Waals surface area contributed by atoms with Crippen molar-refractivity contribution in [1.82, 2.24) is 0 Å². The number of hydrogen-bond acceptors (Lipinski definition) is 1. The summed E-state index contributed by atoms with van der Waals surface area (Å²) in [5.74, 6) is 0.262. The summed E-state index contributed by atoms with van der Waals surface area (Å²) in [5, 5.41) is 0. The number of benzene rings is 1. The van der Waals surface area contributed by atoms with E-state index in [-0.39, 0.29) is 13.2 Å². The first-order valence-corrected chi connectivity index (χ1v) is 4.43. The van der Waals surface area contributed by atoms with Gasteiger partial charge in [0.25, 0.3) is 0 Å². The van der Waals surface area contributed by atoms with Crippen LogP contribution in [0.25, 0.3) is 0 Å². The SMILES string of the molecule is C.CCCCC(=O)c1ccccc1. The molecule has 0 aliphatic rings. The van der Waals surface area contributed by atoms with Crippen molar-refractivity contribution < 1.29 is 4.79 Å². The van der Waals surface area contributed by atoms with Crippen LogP contribution in [0.1, 0.15) is 44.0 Å². The van der Waals surface area contributed by atoms with Crippen LogP contribution in [0.4, 0.5) is 0 Å². The van der Waals surface area contributed by atoms with Gasteiger partial charge in [-0.2, -0.15) is 0 Å². The van der Waals surface area contributed by atoms with Crippen LogP contribution in [0, 0.1) is 0 Å². The second kappa shape index (κ2) is 6.41. The third kappa shape index (κ3) is 3.88. The molecule has 0 heterocycles. The maximum absolute atomic E-state index is 11.4. The van der Waals surface area contributed by atoms with Crippen molar-refractivity contribution in [2.75, 3.05) is 0 Å². The number of carbonyl (C=O) groups is 1. The lowest BCUT2D eigenvalue weighted by atomic mass is 10.1. The summed E-state index contributed by atoms with van der Waals surface area (Å²) in [4.78, 5) is 11.4. The molecule has 13 heavy (non-hydrogen) atoms. The van der Waals surface area contributed by atoms with E-state index < -0.39 is 0 Å². The molecule has 72 valence electrons. The number of hydrogen-bond donors (Lipinski definition) is 0. The summed E-state index contributed by atoms with van der Waals surface area (Å²) in [6.07, 6.45) is 2.76. The van der Waals surface area contributed by atoms with Gasteiger partial charge in [0.15, 0.2) is 5.78 Å². The van der Waals surface area contributed by atoms with Crippen molar-refractivity contribution in [2.45, 2.75) is 33.6 Å². The summed E-state index contributed by atoms with van der Waals surface area (Å²) in [5.41, 5.74) is 0.839. The van der Waals surface area contributed by atoms with Crippen molar-refractivity contribution >= 4 is 5.78 Å². The van der Waals surface area contributed by atoms with Gasteiger partial charge in [-0.15, -0.1) is 0 Å². The Hall–Kier alpha value is -1.11. The van der Waals surface area contributed by atoms with Crippen molar-refractivity contribution in [1.29, 1.82) is 0 Å². The summed E-state index contributed by atoms with van der Waals surface area (Å²) < 4.78 is 0. The standard InChI is InChI=1S/C11H14O.CH4/c1-2-3-9-11(12)10-7-5-4-6-8-10;/h4-8H,2-3,9H2,1H3;1H4. The van der Waals surface area contributed by atoms with E-state index in [0.717, 1.165) is 18.4 Å². The predicted octanol–water partition coefficient (Wildman–Crippen LogP) is 3.70. The van der Waals surface area contributed by atoms with E-state index in [0.29, 0.717) is 6.42 Å². The summed E-state index contributed by atoms with van der Waals surface area (Å²) >= 11 is 0. The van der Waals surface area contributed by atoms with Gasteiger partial charge in [-0.3, -0.25) is 4.79 Å². The first kappa shape index (κ1) is 11.9. The van der Waals surface area contributed by atoms with Gasteiger partial charge in [-0.25, -0.2) is 0 Å². The van der Waals surface area contributed by atoms with E-state index in [1.165, 1.54) is 0 Å². The molecule has 0 amide bonds. The first-order valence-electron chi connectivity index (χ1n) is 4.43. The Morgan fingerprint density at radius 1 is 1.23 bits per heavy atom. The summed E-state index contributed by atoms with van der Waals surface area (Å²) in [6, 6.07) is 9.48. The van der Waals surface area contributed by atoms with Crippen LogP contribution in [0.3, 0.4) is 0 Å². The number of unbranched alkanes of at least 4 members (excludes halogenated alkanes) is 1. The number of carbonyl (C=O) groups excluding carboxylic acids is 1. The molecule has 0 saturated heterocycles. The second-order valence-corrected chi connectivity index (χ2v) is 2.89. The second-order valence-electron chi connectivity index (χ2n) is 2.89. The van der Waals surface area contributed by atoms with Crippen molar-refractivity contribution in [2.24, 2.45) is 0 Å². The van der Waals surface area contributed by atoms with Crippen LogP contribution in [0.15, 0.2) is 30.3 Å². The molecule has 0 aliphatic carbocycles. The lowest BCUT2D eigenvalue weighted by molar-refractivity contribution is 0.0980. The lowest BCUT2D eigenvalue weighted by Gasteiger charge is -1.97. The molecule has 0 radical (unpaired) electrons. The molecule has 0 fully saturated rings. The minimum Gasteiger partial charge on any atom is -0.294 e. The van der Waals surface area contributed by atoms with Gasteiger partial charge in [0.1, 0.15) is 0 Å². The lowest BCUT2D eigenvalue weighted by Crippen LogP contribution is -1.97. The average molecular weight is 178 g/mol. The van der Waals surface area contributed by atoms with Gasteiger partial charge < -0.3 is 0 Å². The predicted molar refractivity (Wildman–Crippen MR) is 57.0 cm³/mol. The van der Waals surface area contributed by atoms with Crippen LogP contribution >= 0.6 is 0 Å². The van der Waals surface area contributed by atoms with Crippen molar-refractivity contribution in [3.63, 3.8) is 0 Å². The molecule has 0 unspecified atom stereocenters. The molecular weight excluding hydrogens is 160 g/mol. The minimum absolute atomic E-state index is 0. The van der Waals surface area contributed by atoms with Gasteiger partial charge >= 0.3 is 0 Å². The monoisotopic (exact) mass is 178 g/mol. The zero-order chi connectivity index (χ0) is 8.81. The highest BCUT2D eigenvalue weighted by molar-refractivity contribution is 5.95. The molecule has 1 rings (SSSR count). The molecule has 1 aromatic rings. The Morgan fingerprint density at radius 2 is 1.85 bits per heavy atom. The van der Waals surface area contributed by atoms with E-state index in [1.807, 2.05) is 30.3 Å². The van der Waals surface area contributed by atoms with E-state index in [1.54, 1.807) is 0 Å². The Bertz CT molecular complexity index is 239. The average Bonchev–Trinajstić information content (AvgIpc) is 2.15. The third-order valence-corrected chi connectivity index (χ3v) is 1.85. The first-order chi connectivity index (χ1) is 5.84. The Morgan fingerprint density at radius 3 is 2.38 bits per heavy atom. The highest BCUT2D eigenvalue weighted by atomic mass is 16.1. The van der Waals surface area contributed by atoms with Crippen LogP contribution in [0.5, 0.6) is 0 Å². The number of ketones is 1. The minimum atomic E-state index is 0. The largest absolute Gasteiger partial charge is 0.294 e. The summed E-state index contributed by atoms with van der Waals surface area (Å²) in [6.45, 7) is 2.10. The molecule has 1 aromatic carbocycles. The summed E-state index contributed by atoms with van der Waals surface area (Å²) in [7, 11) is 0. The van der Waals surface area contributed by atoms with Gasteiger partial charge in [-0.1, -0.05) is 51.1 Å². The van der Waals surface area contributed by atoms with Crippen LogP contribution in [-0.4, -0.2) is 5.78 Å². The smallest absolute Gasteiger partial charge is 0.162 e. The fourth-order valence-corrected chi connectivity index (χ4v) is 1.11. The molecular formula is C12H18O. The molecule has 0 bridgehead atoms. The molecule has 0 saturated carbocycles. The molecule has 0 spiro atoms. The number of rotatable bonds is 4. The van der Waals surface area contributed by atoms with E-state index in [4.69, 9.17) is 0 Å². The highest BCUT2D eigenvalue weighted by Gasteiger charge is 2.02. The molecule has 0 N–H and O–H groups in total. The van der Waals surface area contributed by atoms with Crippen LogP contribution in [-0.2, 0) is 0 Å². The highest BCUT2D eigenvalue weighted by Crippen LogP contribution is 2.05.